The van der Waals surface area contributed by atoms with Gasteiger partial charge in [0.15, 0.2) is 0 Å². The van der Waals surface area contributed by atoms with Gasteiger partial charge in [0.05, 0.1) is 6.04 Å². The summed E-state index contributed by atoms with van der Waals surface area (Å²) in [6.45, 7) is 2.44. The molecule has 2 aliphatic heterocycles. The molecular formula is C15H23N5O2. The third kappa shape index (κ3) is 3.30. The fourth-order valence-corrected chi connectivity index (χ4v) is 3.31. The topological polar surface area (TPSA) is 79.3 Å². The summed E-state index contributed by atoms with van der Waals surface area (Å²) in [4.78, 5) is 26.4. The lowest BCUT2D eigenvalue weighted by Crippen LogP contribution is -2.56. The molecule has 22 heavy (non-hydrogen) atoms. The zero-order chi connectivity index (χ0) is 15.5. The van der Waals surface area contributed by atoms with E-state index in [9.17, 15) is 9.59 Å². The lowest BCUT2D eigenvalue weighted by molar-refractivity contribution is -0.128. The van der Waals surface area contributed by atoms with E-state index in [1.165, 1.54) is 0 Å². The molecular weight excluding hydrogens is 282 g/mol. The number of nitrogens with one attached hydrogen (secondary N) is 2. The molecule has 7 nitrogen and oxygen atoms in total. The fraction of sp³-hybridized carbons (Fsp3) is 0.667. The SMILES string of the molecule is Cn1ccc(C(=O)NC2CCCN(C3CCCNC3=O)C2)n1. The first-order valence-corrected chi connectivity index (χ1v) is 7.96. The van der Waals surface area contributed by atoms with Gasteiger partial charge in [0, 0.05) is 32.4 Å². The van der Waals surface area contributed by atoms with Gasteiger partial charge in [-0.15, -0.1) is 0 Å². The van der Waals surface area contributed by atoms with Gasteiger partial charge < -0.3 is 10.6 Å². The molecule has 0 saturated carbocycles. The van der Waals surface area contributed by atoms with Crippen LogP contribution >= 0.6 is 0 Å². The molecule has 2 N–H and O–H groups in total. The normalized spacial score (nSPS) is 26.5. The molecule has 2 amide bonds. The first kappa shape index (κ1) is 15.0. The van der Waals surface area contributed by atoms with Crippen molar-refractivity contribution >= 4 is 11.8 Å². The minimum atomic E-state index is -0.138. The molecule has 0 aromatic carbocycles. The van der Waals surface area contributed by atoms with E-state index in [0.717, 1.165) is 45.3 Å². The number of nitrogens with zero attached hydrogens (tertiary/aromatic N) is 3. The molecule has 0 spiro atoms. The van der Waals surface area contributed by atoms with Crippen LogP contribution in [0.3, 0.4) is 0 Å². The zero-order valence-electron chi connectivity index (χ0n) is 12.9. The standard InChI is InChI=1S/C15H23N5O2/c1-19-9-6-12(18-19)14(21)17-11-4-3-8-20(10-11)13-5-2-7-16-15(13)22/h6,9,11,13H,2-5,7-8,10H2,1H3,(H,16,22)(H,17,21). The minimum absolute atomic E-state index is 0.0386. The van der Waals surface area contributed by atoms with Crippen LogP contribution in [-0.2, 0) is 11.8 Å². The van der Waals surface area contributed by atoms with Crippen molar-refractivity contribution in [3.05, 3.63) is 18.0 Å². The molecule has 1 aromatic rings. The Kier molecular flexibility index (Phi) is 4.42. The summed E-state index contributed by atoms with van der Waals surface area (Å²) in [5.41, 5.74) is 0.440. The molecule has 120 valence electrons. The van der Waals surface area contributed by atoms with Crippen molar-refractivity contribution in [2.45, 2.75) is 37.8 Å². The van der Waals surface area contributed by atoms with E-state index in [-0.39, 0.29) is 23.9 Å². The quantitative estimate of drug-likeness (QED) is 0.817. The summed E-state index contributed by atoms with van der Waals surface area (Å²) < 4.78 is 1.62. The maximum Gasteiger partial charge on any atom is 0.272 e. The van der Waals surface area contributed by atoms with Gasteiger partial charge in [-0.1, -0.05) is 0 Å². The Bertz CT molecular complexity index is 556. The zero-order valence-corrected chi connectivity index (χ0v) is 12.9. The van der Waals surface area contributed by atoms with Gasteiger partial charge >= 0.3 is 0 Å². The number of piperidine rings is 2. The highest BCUT2D eigenvalue weighted by Gasteiger charge is 2.32. The third-order valence-corrected chi connectivity index (χ3v) is 4.43. The molecule has 7 heteroatoms. The van der Waals surface area contributed by atoms with Crippen LogP contribution in [0.15, 0.2) is 12.3 Å². The highest BCUT2D eigenvalue weighted by molar-refractivity contribution is 5.92. The molecule has 2 atom stereocenters. The lowest BCUT2D eigenvalue weighted by Gasteiger charge is -2.39. The van der Waals surface area contributed by atoms with Crippen LogP contribution in [0, 0.1) is 0 Å². The third-order valence-electron chi connectivity index (χ3n) is 4.43. The van der Waals surface area contributed by atoms with Crippen LogP contribution in [-0.4, -0.2) is 58.2 Å². The van der Waals surface area contributed by atoms with Crippen molar-refractivity contribution < 1.29 is 9.59 Å². The van der Waals surface area contributed by atoms with Crippen LogP contribution in [0.4, 0.5) is 0 Å². The molecule has 3 rings (SSSR count). The second-order valence-electron chi connectivity index (χ2n) is 6.13. The van der Waals surface area contributed by atoms with E-state index in [4.69, 9.17) is 0 Å². The Balaban J connectivity index is 1.58. The number of aromatic nitrogens is 2. The van der Waals surface area contributed by atoms with Gasteiger partial charge in [-0.3, -0.25) is 19.2 Å². The van der Waals surface area contributed by atoms with Crippen LogP contribution < -0.4 is 10.6 Å². The van der Waals surface area contributed by atoms with E-state index in [2.05, 4.69) is 20.6 Å². The Hall–Kier alpha value is -1.89. The number of amides is 2. The second kappa shape index (κ2) is 6.48. The van der Waals surface area contributed by atoms with Gasteiger partial charge in [-0.2, -0.15) is 5.10 Å². The first-order chi connectivity index (χ1) is 10.6. The highest BCUT2D eigenvalue weighted by atomic mass is 16.2. The summed E-state index contributed by atoms with van der Waals surface area (Å²) in [5, 5.41) is 10.1. The molecule has 2 saturated heterocycles. The monoisotopic (exact) mass is 305 g/mol. The Labute approximate surface area is 130 Å². The van der Waals surface area contributed by atoms with Crippen LogP contribution in [0.2, 0.25) is 0 Å². The Morgan fingerprint density at radius 3 is 3.00 bits per heavy atom. The molecule has 0 aliphatic carbocycles. The molecule has 2 aliphatic rings. The van der Waals surface area contributed by atoms with Crippen LogP contribution in [0.1, 0.15) is 36.2 Å². The van der Waals surface area contributed by atoms with E-state index < -0.39 is 0 Å². The average Bonchev–Trinajstić information content (AvgIpc) is 2.95. The van der Waals surface area contributed by atoms with Crippen molar-refractivity contribution in [1.82, 2.24) is 25.3 Å². The summed E-state index contributed by atoms with van der Waals surface area (Å²) in [6.07, 6.45) is 5.64. The Morgan fingerprint density at radius 2 is 2.27 bits per heavy atom. The summed E-state index contributed by atoms with van der Waals surface area (Å²) in [7, 11) is 1.79. The van der Waals surface area contributed by atoms with Gasteiger partial charge in [0.2, 0.25) is 5.91 Å². The largest absolute Gasteiger partial charge is 0.355 e. The van der Waals surface area contributed by atoms with Crippen LogP contribution in [0.5, 0.6) is 0 Å². The number of likely N-dealkylation sites (tertiary alicyclic amines) is 1. The van der Waals surface area contributed by atoms with Crippen molar-refractivity contribution in [2.75, 3.05) is 19.6 Å². The minimum Gasteiger partial charge on any atom is -0.355 e. The van der Waals surface area contributed by atoms with E-state index in [0.29, 0.717) is 5.69 Å². The number of rotatable bonds is 3. The van der Waals surface area contributed by atoms with Gasteiger partial charge in [-0.25, -0.2) is 0 Å². The summed E-state index contributed by atoms with van der Waals surface area (Å²) in [6, 6.07) is 1.76. The molecule has 0 radical (unpaired) electrons. The second-order valence-corrected chi connectivity index (χ2v) is 6.13. The molecule has 3 heterocycles. The predicted molar refractivity (Wildman–Crippen MR) is 81.3 cm³/mol. The maximum absolute atomic E-state index is 12.2. The van der Waals surface area contributed by atoms with Crippen molar-refractivity contribution in [1.29, 1.82) is 0 Å². The number of carbonyl (C=O) groups is 2. The predicted octanol–water partition coefficient (Wildman–Crippen LogP) is -0.107. The number of carbonyl (C=O) groups excluding carboxylic acids is 2. The highest BCUT2D eigenvalue weighted by Crippen LogP contribution is 2.18. The number of hydrogen-bond acceptors (Lipinski definition) is 4. The van der Waals surface area contributed by atoms with E-state index >= 15 is 0 Å². The Morgan fingerprint density at radius 1 is 1.41 bits per heavy atom. The summed E-state index contributed by atoms with van der Waals surface area (Å²) >= 11 is 0. The molecule has 2 fully saturated rings. The first-order valence-electron chi connectivity index (χ1n) is 7.96. The molecule has 1 aromatic heterocycles. The maximum atomic E-state index is 12.2. The smallest absolute Gasteiger partial charge is 0.272 e. The summed E-state index contributed by atoms with van der Waals surface area (Å²) in [5.74, 6) is -0.0106. The molecule has 0 bridgehead atoms. The number of hydrogen-bond donors (Lipinski definition) is 2. The number of aryl methyl sites for hydroxylation is 1. The van der Waals surface area contributed by atoms with Crippen molar-refractivity contribution in [2.24, 2.45) is 7.05 Å². The fourth-order valence-electron chi connectivity index (χ4n) is 3.31. The van der Waals surface area contributed by atoms with Crippen LogP contribution in [0.25, 0.3) is 0 Å². The van der Waals surface area contributed by atoms with Crippen molar-refractivity contribution in [3.8, 4) is 0 Å². The molecule has 2 unspecified atom stereocenters. The van der Waals surface area contributed by atoms with Gasteiger partial charge in [0.25, 0.3) is 5.91 Å². The van der Waals surface area contributed by atoms with E-state index in [1.54, 1.807) is 24.0 Å². The van der Waals surface area contributed by atoms with Crippen molar-refractivity contribution in [3.63, 3.8) is 0 Å². The van der Waals surface area contributed by atoms with Gasteiger partial charge in [-0.05, 0) is 38.3 Å². The average molecular weight is 305 g/mol. The lowest BCUT2D eigenvalue weighted by atomic mass is 9.99. The van der Waals surface area contributed by atoms with Gasteiger partial charge in [0.1, 0.15) is 5.69 Å². The van der Waals surface area contributed by atoms with E-state index in [1.807, 2.05) is 0 Å².